The minimum atomic E-state index is -0.581. The summed E-state index contributed by atoms with van der Waals surface area (Å²) in [6.07, 6.45) is 1.05. The van der Waals surface area contributed by atoms with Gasteiger partial charge in [-0.05, 0) is 36.1 Å². The van der Waals surface area contributed by atoms with Crippen molar-refractivity contribution in [1.29, 1.82) is 0 Å². The second-order valence-electron chi connectivity index (χ2n) is 5.92. The van der Waals surface area contributed by atoms with E-state index in [2.05, 4.69) is 0 Å². The summed E-state index contributed by atoms with van der Waals surface area (Å²) in [5.41, 5.74) is 0.635. The second kappa shape index (κ2) is 7.16. The fourth-order valence-corrected chi connectivity index (χ4v) is 3.56. The van der Waals surface area contributed by atoms with Gasteiger partial charge < -0.3 is 5.21 Å². The lowest BCUT2D eigenvalue weighted by Crippen LogP contribution is -2.22. The summed E-state index contributed by atoms with van der Waals surface area (Å²) in [4.78, 5) is 21.0. The SMILES string of the molecule is O=[N+]([O-])c1cc(C2CCC(c3ccc(Cl)c([N+](=O)[O-])c3)N2O)ccc1Cl. The number of halogens is 2. The van der Waals surface area contributed by atoms with E-state index in [1.807, 2.05) is 0 Å². The first-order chi connectivity index (χ1) is 12.3. The van der Waals surface area contributed by atoms with Crippen molar-refractivity contribution >= 4 is 34.6 Å². The molecule has 0 bridgehead atoms. The molecule has 0 aliphatic carbocycles. The lowest BCUT2D eigenvalue weighted by molar-refractivity contribution is -0.384. The Morgan fingerprint density at radius 2 is 1.27 bits per heavy atom. The van der Waals surface area contributed by atoms with Crippen molar-refractivity contribution in [2.45, 2.75) is 24.9 Å². The van der Waals surface area contributed by atoms with Gasteiger partial charge in [-0.2, -0.15) is 5.06 Å². The fourth-order valence-electron chi connectivity index (χ4n) is 3.19. The van der Waals surface area contributed by atoms with Crippen molar-refractivity contribution in [3.05, 3.63) is 77.8 Å². The predicted molar refractivity (Wildman–Crippen MR) is 94.6 cm³/mol. The first-order valence-electron chi connectivity index (χ1n) is 7.64. The summed E-state index contributed by atoms with van der Waals surface area (Å²) >= 11 is 11.7. The van der Waals surface area contributed by atoms with Gasteiger partial charge in [0.25, 0.3) is 11.4 Å². The number of hydrogen-bond acceptors (Lipinski definition) is 6. The number of nitro benzene ring substituents is 2. The number of nitrogens with zero attached hydrogens (tertiary/aromatic N) is 3. The smallest absolute Gasteiger partial charge is 0.288 e. The van der Waals surface area contributed by atoms with Gasteiger partial charge in [0.05, 0.1) is 21.9 Å². The van der Waals surface area contributed by atoms with Crippen molar-refractivity contribution in [2.24, 2.45) is 0 Å². The van der Waals surface area contributed by atoms with E-state index >= 15 is 0 Å². The molecule has 2 atom stereocenters. The minimum absolute atomic E-state index is 0.0195. The topological polar surface area (TPSA) is 110 Å². The molecule has 1 saturated heterocycles. The normalized spacial score (nSPS) is 20.3. The van der Waals surface area contributed by atoms with E-state index < -0.39 is 21.9 Å². The monoisotopic (exact) mass is 397 g/mol. The van der Waals surface area contributed by atoms with Crippen LogP contribution < -0.4 is 0 Å². The van der Waals surface area contributed by atoms with Crippen LogP contribution in [-0.4, -0.2) is 20.1 Å². The number of nitro groups is 2. The van der Waals surface area contributed by atoms with E-state index in [1.54, 1.807) is 12.1 Å². The summed E-state index contributed by atoms with van der Waals surface area (Å²) in [6.45, 7) is 0. The molecule has 0 amide bonds. The highest BCUT2D eigenvalue weighted by Crippen LogP contribution is 2.44. The molecular weight excluding hydrogens is 385 g/mol. The molecule has 1 N–H and O–H groups in total. The molecule has 0 spiro atoms. The minimum Gasteiger partial charge on any atom is -0.313 e. The van der Waals surface area contributed by atoms with Gasteiger partial charge in [0.1, 0.15) is 10.0 Å². The Balaban J connectivity index is 1.90. The number of hydrogen-bond donors (Lipinski definition) is 1. The van der Waals surface area contributed by atoms with Gasteiger partial charge in [0.2, 0.25) is 0 Å². The molecule has 1 fully saturated rings. The zero-order valence-electron chi connectivity index (χ0n) is 13.2. The number of rotatable bonds is 4. The van der Waals surface area contributed by atoms with E-state index in [0.717, 1.165) is 5.06 Å². The van der Waals surface area contributed by atoms with Crippen molar-refractivity contribution in [2.75, 3.05) is 0 Å². The Morgan fingerprint density at radius 1 is 0.885 bits per heavy atom. The fraction of sp³-hybridized carbons (Fsp3) is 0.250. The van der Waals surface area contributed by atoms with Gasteiger partial charge in [-0.1, -0.05) is 35.3 Å². The average molecular weight is 398 g/mol. The molecule has 8 nitrogen and oxygen atoms in total. The van der Waals surface area contributed by atoms with Crippen LogP contribution in [0.5, 0.6) is 0 Å². The van der Waals surface area contributed by atoms with Crippen LogP contribution in [0.3, 0.4) is 0 Å². The maximum absolute atomic E-state index is 11.1. The van der Waals surface area contributed by atoms with Gasteiger partial charge in [-0.15, -0.1) is 0 Å². The maximum atomic E-state index is 11.1. The van der Waals surface area contributed by atoms with E-state index in [9.17, 15) is 25.4 Å². The zero-order chi connectivity index (χ0) is 19.0. The van der Waals surface area contributed by atoms with Crippen LogP contribution in [0.4, 0.5) is 11.4 Å². The molecule has 1 heterocycles. The molecule has 26 heavy (non-hydrogen) atoms. The van der Waals surface area contributed by atoms with Gasteiger partial charge in [-0.3, -0.25) is 20.2 Å². The highest BCUT2D eigenvalue weighted by molar-refractivity contribution is 6.33. The van der Waals surface area contributed by atoms with Crippen LogP contribution in [0.15, 0.2) is 36.4 Å². The summed E-state index contributed by atoms with van der Waals surface area (Å²) < 4.78 is 0. The van der Waals surface area contributed by atoms with E-state index in [-0.39, 0.29) is 21.4 Å². The van der Waals surface area contributed by atoms with Gasteiger partial charge >= 0.3 is 0 Å². The molecule has 1 aliphatic heterocycles. The quantitative estimate of drug-likeness (QED) is 0.568. The Morgan fingerprint density at radius 3 is 1.62 bits per heavy atom. The molecule has 0 aromatic heterocycles. The number of hydroxylamine groups is 2. The first kappa shape index (κ1) is 18.5. The Hall–Kier alpha value is -2.26. The Labute approximate surface area is 157 Å². The van der Waals surface area contributed by atoms with Crippen LogP contribution in [0.25, 0.3) is 0 Å². The molecule has 0 saturated carbocycles. The Kier molecular flexibility index (Phi) is 5.10. The lowest BCUT2D eigenvalue weighted by atomic mass is 10.0. The highest BCUT2D eigenvalue weighted by atomic mass is 35.5. The molecule has 2 aromatic rings. The maximum Gasteiger partial charge on any atom is 0.288 e. The molecule has 10 heteroatoms. The third-order valence-electron chi connectivity index (χ3n) is 4.46. The van der Waals surface area contributed by atoms with E-state index in [0.29, 0.717) is 24.0 Å². The molecule has 136 valence electrons. The molecule has 3 rings (SSSR count). The third-order valence-corrected chi connectivity index (χ3v) is 5.09. The molecular formula is C16H13Cl2N3O5. The molecule has 0 radical (unpaired) electrons. The third kappa shape index (κ3) is 3.36. The van der Waals surface area contributed by atoms with Gasteiger partial charge in [0.15, 0.2) is 0 Å². The van der Waals surface area contributed by atoms with E-state index in [4.69, 9.17) is 23.2 Å². The van der Waals surface area contributed by atoms with Crippen LogP contribution in [0.2, 0.25) is 10.0 Å². The highest BCUT2D eigenvalue weighted by Gasteiger charge is 2.36. The van der Waals surface area contributed by atoms with Crippen molar-refractivity contribution < 1.29 is 15.1 Å². The standard InChI is InChI=1S/C16H13Cl2N3O5/c17-11-3-1-9(7-15(11)20(23)24)13-5-6-14(19(13)22)10-2-4-12(18)16(8-10)21(25)26/h1-4,7-8,13-14,22H,5-6H2. The van der Waals surface area contributed by atoms with Gasteiger partial charge in [-0.25, -0.2) is 0 Å². The number of benzene rings is 2. The van der Waals surface area contributed by atoms with E-state index in [1.165, 1.54) is 24.3 Å². The van der Waals surface area contributed by atoms with Crippen LogP contribution in [0.1, 0.15) is 36.1 Å². The van der Waals surface area contributed by atoms with Crippen molar-refractivity contribution in [1.82, 2.24) is 5.06 Å². The molecule has 2 unspecified atom stereocenters. The summed E-state index contributed by atoms with van der Waals surface area (Å²) in [7, 11) is 0. The van der Waals surface area contributed by atoms with Crippen molar-refractivity contribution in [3.8, 4) is 0 Å². The predicted octanol–water partition coefficient (Wildman–Crippen LogP) is 5.08. The first-order valence-corrected chi connectivity index (χ1v) is 8.40. The average Bonchev–Trinajstić information content (AvgIpc) is 2.97. The Bertz CT molecular complexity index is 821. The second-order valence-corrected chi connectivity index (χ2v) is 6.74. The van der Waals surface area contributed by atoms with Crippen LogP contribution in [0, 0.1) is 20.2 Å². The molecule has 2 aromatic carbocycles. The van der Waals surface area contributed by atoms with Crippen LogP contribution in [-0.2, 0) is 0 Å². The largest absolute Gasteiger partial charge is 0.313 e. The molecule has 1 aliphatic rings. The lowest BCUT2D eigenvalue weighted by Gasteiger charge is -2.24. The summed E-state index contributed by atoms with van der Waals surface area (Å²) in [5.74, 6) is 0. The van der Waals surface area contributed by atoms with Gasteiger partial charge in [0, 0.05) is 12.1 Å². The summed E-state index contributed by atoms with van der Waals surface area (Å²) in [6, 6.07) is 7.79. The zero-order valence-corrected chi connectivity index (χ0v) is 14.7. The van der Waals surface area contributed by atoms with Crippen LogP contribution >= 0.6 is 23.2 Å². The van der Waals surface area contributed by atoms with Crippen molar-refractivity contribution in [3.63, 3.8) is 0 Å². The summed E-state index contributed by atoms with van der Waals surface area (Å²) in [5, 5.41) is 33.8.